The Morgan fingerprint density at radius 2 is 2.06 bits per heavy atom. The van der Waals surface area contributed by atoms with Crippen LogP contribution in [0.1, 0.15) is 61.0 Å². The zero-order valence-electron chi connectivity index (χ0n) is 18.3. The van der Waals surface area contributed by atoms with Crippen LogP contribution in [0.5, 0.6) is 0 Å². The predicted molar refractivity (Wildman–Crippen MR) is 125 cm³/mol. The van der Waals surface area contributed by atoms with Crippen LogP contribution >= 0.6 is 22.6 Å². The number of rotatable bonds is 6. The molecule has 3 amide bonds. The molecule has 3 aliphatic rings. The van der Waals surface area contributed by atoms with Gasteiger partial charge in [-0.2, -0.15) is 0 Å². The first-order valence-corrected chi connectivity index (χ1v) is 12.5. The molecule has 1 aromatic carbocycles. The summed E-state index contributed by atoms with van der Waals surface area (Å²) in [5, 5.41) is 5.91. The van der Waals surface area contributed by atoms with Crippen molar-refractivity contribution in [2.45, 2.75) is 80.7 Å². The van der Waals surface area contributed by atoms with Gasteiger partial charge in [-0.15, -0.1) is 0 Å². The molecule has 0 radical (unpaired) electrons. The molecule has 32 heavy (non-hydrogen) atoms. The minimum Gasteiger partial charge on any atom is -0.376 e. The molecule has 0 bridgehead atoms. The quantitative estimate of drug-likeness (QED) is 0.319. The lowest BCUT2D eigenvalue weighted by Gasteiger charge is -2.35. The Balaban J connectivity index is 1.51. The SMILES string of the molecule is CC(I)C(C)N[C@H]1CCCO[C@@H]1Cc1ccc2c(c1F)CN(C1CCC(=O)NC1=O)C2=O. The van der Waals surface area contributed by atoms with Gasteiger partial charge in [0.15, 0.2) is 0 Å². The van der Waals surface area contributed by atoms with Crippen LogP contribution in [-0.4, -0.2) is 57.4 Å². The Hall–Kier alpha value is -1.59. The first kappa shape index (κ1) is 23.6. The van der Waals surface area contributed by atoms with Crippen molar-refractivity contribution in [2.24, 2.45) is 0 Å². The van der Waals surface area contributed by atoms with Crippen LogP contribution in [-0.2, 0) is 27.3 Å². The molecular weight excluding hydrogens is 528 g/mol. The second kappa shape index (κ2) is 9.72. The number of nitrogens with one attached hydrogen (secondary N) is 2. The fourth-order valence-corrected chi connectivity index (χ4v) is 4.94. The maximum absolute atomic E-state index is 15.5. The highest BCUT2D eigenvalue weighted by Crippen LogP contribution is 2.32. The van der Waals surface area contributed by atoms with Crippen molar-refractivity contribution in [1.29, 1.82) is 0 Å². The van der Waals surface area contributed by atoms with Gasteiger partial charge in [0.25, 0.3) is 5.91 Å². The minimum atomic E-state index is -0.748. The number of carbonyl (C=O) groups excluding carboxylic acids is 3. The van der Waals surface area contributed by atoms with Crippen LogP contribution in [0.2, 0.25) is 0 Å². The van der Waals surface area contributed by atoms with Gasteiger partial charge in [0, 0.05) is 46.6 Å². The molecular formula is C23H29FIN3O4. The van der Waals surface area contributed by atoms with Gasteiger partial charge < -0.3 is 15.0 Å². The molecule has 1 aromatic rings. The predicted octanol–water partition coefficient (Wildman–Crippen LogP) is 2.48. The summed E-state index contributed by atoms with van der Waals surface area (Å²) in [6, 6.07) is 3.03. The van der Waals surface area contributed by atoms with Gasteiger partial charge in [-0.3, -0.25) is 19.7 Å². The standard InChI is InChI=1S/C23H29FIN3O4/c1-12(25)13(2)26-17-4-3-9-32-19(17)10-14-5-6-15-16(21(14)24)11-28(23(15)31)18-7-8-20(29)27-22(18)30/h5-6,12-13,17-19,26H,3-4,7-11H2,1-2H3,(H,27,29,30)/t12?,13?,17-,18?,19+/m0/s1. The van der Waals surface area contributed by atoms with Gasteiger partial charge in [0.1, 0.15) is 11.9 Å². The summed E-state index contributed by atoms with van der Waals surface area (Å²) in [7, 11) is 0. The largest absolute Gasteiger partial charge is 0.376 e. The molecule has 2 fully saturated rings. The molecule has 5 atom stereocenters. The lowest BCUT2D eigenvalue weighted by molar-refractivity contribution is -0.136. The highest BCUT2D eigenvalue weighted by atomic mass is 127. The van der Waals surface area contributed by atoms with Crippen molar-refractivity contribution >= 4 is 40.3 Å². The van der Waals surface area contributed by atoms with E-state index in [4.69, 9.17) is 4.74 Å². The highest BCUT2D eigenvalue weighted by Gasteiger charge is 2.40. The molecule has 2 saturated heterocycles. The van der Waals surface area contributed by atoms with Gasteiger partial charge in [-0.05, 0) is 37.8 Å². The van der Waals surface area contributed by atoms with Crippen LogP contribution in [0.3, 0.4) is 0 Å². The van der Waals surface area contributed by atoms with Gasteiger partial charge in [0.05, 0.1) is 12.6 Å². The van der Waals surface area contributed by atoms with Crippen LogP contribution < -0.4 is 10.6 Å². The Morgan fingerprint density at radius 3 is 2.78 bits per heavy atom. The van der Waals surface area contributed by atoms with E-state index in [0.717, 1.165) is 12.8 Å². The Labute approximate surface area is 201 Å². The van der Waals surface area contributed by atoms with Crippen LogP contribution in [0.25, 0.3) is 0 Å². The number of fused-ring (bicyclic) bond motifs is 1. The van der Waals surface area contributed by atoms with E-state index in [1.54, 1.807) is 12.1 Å². The maximum atomic E-state index is 15.5. The number of nitrogens with zero attached hydrogens (tertiary/aromatic N) is 1. The average molecular weight is 557 g/mol. The number of hydrogen-bond acceptors (Lipinski definition) is 5. The minimum absolute atomic E-state index is 0.0384. The lowest BCUT2D eigenvalue weighted by atomic mass is 9.93. The third-order valence-corrected chi connectivity index (χ3v) is 7.84. The molecule has 174 valence electrons. The van der Waals surface area contributed by atoms with Crippen LogP contribution in [0.15, 0.2) is 12.1 Å². The number of alkyl halides is 1. The number of ether oxygens (including phenoxy) is 1. The smallest absolute Gasteiger partial charge is 0.255 e. The van der Waals surface area contributed by atoms with Gasteiger partial charge in [-0.1, -0.05) is 35.6 Å². The van der Waals surface area contributed by atoms with Crippen molar-refractivity contribution < 1.29 is 23.5 Å². The summed E-state index contributed by atoms with van der Waals surface area (Å²) >= 11 is 2.40. The molecule has 2 N–H and O–H groups in total. The molecule has 0 spiro atoms. The van der Waals surface area contributed by atoms with Crippen molar-refractivity contribution in [1.82, 2.24) is 15.5 Å². The fourth-order valence-electron chi connectivity index (χ4n) is 4.73. The van der Waals surface area contributed by atoms with E-state index in [9.17, 15) is 14.4 Å². The number of benzene rings is 1. The number of carbonyl (C=O) groups is 3. The third kappa shape index (κ3) is 4.70. The first-order chi connectivity index (χ1) is 15.3. The van der Waals surface area contributed by atoms with Crippen molar-refractivity contribution in [2.75, 3.05) is 6.61 Å². The van der Waals surface area contributed by atoms with Crippen LogP contribution in [0, 0.1) is 5.82 Å². The normalized spacial score (nSPS) is 27.8. The number of halogens is 2. The summed E-state index contributed by atoms with van der Waals surface area (Å²) in [6.07, 6.45) is 2.66. The first-order valence-electron chi connectivity index (χ1n) is 11.2. The maximum Gasteiger partial charge on any atom is 0.255 e. The number of imide groups is 1. The van der Waals surface area contributed by atoms with E-state index >= 15 is 4.39 Å². The van der Waals surface area contributed by atoms with E-state index in [0.29, 0.717) is 39.7 Å². The molecule has 3 unspecified atom stereocenters. The van der Waals surface area contributed by atoms with Crippen molar-refractivity contribution in [3.05, 3.63) is 34.6 Å². The number of amides is 3. The van der Waals surface area contributed by atoms with E-state index < -0.39 is 17.8 Å². The second-order valence-corrected chi connectivity index (χ2v) is 10.9. The van der Waals surface area contributed by atoms with E-state index in [-0.39, 0.29) is 43.3 Å². The van der Waals surface area contributed by atoms with Gasteiger partial charge >= 0.3 is 0 Å². The zero-order chi connectivity index (χ0) is 23.0. The van der Waals surface area contributed by atoms with Crippen molar-refractivity contribution in [3.8, 4) is 0 Å². The number of hydrogen-bond donors (Lipinski definition) is 2. The molecule has 3 heterocycles. The molecule has 9 heteroatoms. The molecule has 0 aliphatic carbocycles. The zero-order valence-corrected chi connectivity index (χ0v) is 20.5. The van der Waals surface area contributed by atoms with Gasteiger partial charge in [0.2, 0.25) is 11.8 Å². The number of piperidine rings is 1. The lowest BCUT2D eigenvalue weighted by Crippen LogP contribution is -2.52. The Morgan fingerprint density at radius 1 is 1.28 bits per heavy atom. The second-order valence-electron chi connectivity index (χ2n) is 8.96. The molecule has 7 nitrogen and oxygen atoms in total. The fraction of sp³-hybridized carbons (Fsp3) is 0.609. The van der Waals surface area contributed by atoms with Crippen LogP contribution in [0.4, 0.5) is 4.39 Å². The van der Waals surface area contributed by atoms with E-state index in [1.165, 1.54) is 4.90 Å². The topological polar surface area (TPSA) is 87.7 Å². The Bertz CT molecular complexity index is 925. The monoisotopic (exact) mass is 557 g/mol. The molecule has 0 saturated carbocycles. The highest BCUT2D eigenvalue weighted by molar-refractivity contribution is 14.1. The summed E-state index contributed by atoms with van der Waals surface area (Å²) in [5.41, 5.74) is 1.14. The van der Waals surface area contributed by atoms with Gasteiger partial charge in [-0.25, -0.2) is 4.39 Å². The summed E-state index contributed by atoms with van der Waals surface area (Å²) in [6.45, 7) is 5.00. The Kier molecular flexibility index (Phi) is 7.16. The molecule has 4 rings (SSSR count). The molecule has 3 aliphatic heterocycles. The molecule has 0 aromatic heterocycles. The van der Waals surface area contributed by atoms with Crippen molar-refractivity contribution in [3.63, 3.8) is 0 Å². The van der Waals surface area contributed by atoms with E-state index in [2.05, 4.69) is 47.1 Å². The average Bonchev–Trinajstić information content (AvgIpc) is 3.08. The summed E-state index contributed by atoms with van der Waals surface area (Å²) in [4.78, 5) is 37.9. The summed E-state index contributed by atoms with van der Waals surface area (Å²) in [5.74, 6) is -1.59. The summed E-state index contributed by atoms with van der Waals surface area (Å²) < 4.78 is 22.0. The van der Waals surface area contributed by atoms with E-state index in [1.807, 2.05) is 0 Å². The third-order valence-electron chi connectivity index (χ3n) is 6.76.